The molecule has 1 aromatic rings. The minimum atomic E-state index is -0.145. The maximum Gasteiger partial charge on any atom is 0.117 e. The summed E-state index contributed by atoms with van der Waals surface area (Å²) < 4.78 is 0. The van der Waals surface area contributed by atoms with Gasteiger partial charge in [-0.05, 0) is 17.5 Å². The molecule has 13 heavy (non-hydrogen) atoms. The van der Waals surface area contributed by atoms with Crippen LogP contribution in [0.1, 0.15) is 32.5 Å². The van der Waals surface area contributed by atoms with Crippen LogP contribution in [0, 0.1) is 10.9 Å². The molecule has 1 N–H and O–H groups in total. The van der Waals surface area contributed by atoms with Crippen LogP contribution in [-0.2, 0) is 0 Å². The van der Waals surface area contributed by atoms with Gasteiger partial charge in [0.25, 0.3) is 0 Å². The van der Waals surface area contributed by atoms with Gasteiger partial charge in [-0.3, -0.25) is 4.98 Å². The molecule has 0 spiro atoms. The molecule has 0 aromatic carbocycles. The Labute approximate surface area is 78.7 Å². The number of hydrogen-bond acceptors (Lipinski definition) is 3. The Bertz CT molecular complexity index is 274. The van der Waals surface area contributed by atoms with Gasteiger partial charge in [-0.1, -0.05) is 26.8 Å². The third-order valence-electron chi connectivity index (χ3n) is 1.92. The van der Waals surface area contributed by atoms with Gasteiger partial charge in [0.15, 0.2) is 0 Å². The van der Waals surface area contributed by atoms with Crippen molar-refractivity contribution in [2.24, 2.45) is 10.5 Å². The van der Waals surface area contributed by atoms with Crippen molar-refractivity contribution in [1.29, 1.82) is 5.53 Å². The number of nitrogens with one attached hydrogen (secondary N) is 1. The van der Waals surface area contributed by atoms with Gasteiger partial charge in [0.05, 0.1) is 5.69 Å². The lowest BCUT2D eigenvalue weighted by molar-refractivity contribution is 0.310. The summed E-state index contributed by atoms with van der Waals surface area (Å²) in [6.45, 7) is 6.18. The monoisotopic (exact) mass is 177 g/mol. The number of nitrogens with zero attached hydrogens (tertiary/aromatic N) is 2. The third kappa shape index (κ3) is 2.34. The SMILES string of the molecule is CC(C)(C)[C@H](N=N)c1ccccn1. The number of hydrogen-bond donors (Lipinski definition) is 1. The van der Waals surface area contributed by atoms with Crippen molar-refractivity contribution in [2.45, 2.75) is 26.8 Å². The van der Waals surface area contributed by atoms with Gasteiger partial charge in [-0.2, -0.15) is 5.11 Å². The summed E-state index contributed by atoms with van der Waals surface area (Å²) >= 11 is 0. The van der Waals surface area contributed by atoms with Crippen molar-refractivity contribution < 1.29 is 0 Å². The molecule has 0 aliphatic carbocycles. The first-order valence-corrected chi connectivity index (χ1v) is 4.33. The van der Waals surface area contributed by atoms with E-state index in [1.54, 1.807) is 6.20 Å². The van der Waals surface area contributed by atoms with Crippen molar-refractivity contribution in [3.63, 3.8) is 0 Å². The van der Waals surface area contributed by atoms with Gasteiger partial charge in [-0.25, -0.2) is 5.53 Å². The molecule has 0 saturated heterocycles. The molecule has 0 radical (unpaired) electrons. The van der Waals surface area contributed by atoms with Gasteiger partial charge in [0.2, 0.25) is 0 Å². The second-order valence-corrected chi connectivity index (χ2v) is 4.15. The van der Waals surface area contributed by atoms with Crippen LogP contribution in [0.25, 0.3) is 0 Å². The van der Waals surface area contributed by atoms with Crippen LogP contribution in [0.3, 0.4) is 0 Å². The standard InChI is InChI=1S/C10H15N3/c1-10(2,3)9(13-11)8-6-4-5-7-12-8/h4-7,9,11H,1-3H3/t9-/m1/s1. The summed E-state index contributed by atoms with van der Waals surface area (Å²) in [5.41, 5.74) is 7.96. The highest BCUT2D eigenvalue weighted by Crippen LogP contribution is 2.34. The molecule has 3 heteroatoms. The van der Waals surface area contributed by atoms with Crippen LogP contribution < -0.4 is 0 Å². The average molecular weight is 177 g/mol. The van der Waals surface area contributed by atoms with E-state index < -0.39 is 0 Å². The molecular formula is C10H15N3. The topological polar surface area (TPSA) is 49.1 Å². The summed E-state index contributed by atoms with van der Waals surface area (Å²) in [5.74, 6) is 0. The lowest BCUT2D eigenvalue weighted by Gasteiger charge is -2.24. The van der Waals surface area contributed by atoms with E-state index >= 15 is 0 Å². The zero-order valence-corrected chi connectivity index (χ0v) is 8.28. The Morgan fingerprint density at radius 3 is 2.46 bits per heavy atom. The van der Waals surface area contributed by atoms with E-state index in [0.717, 1.165) is 5.69 Å². The predicted molar refractivity (Wildman–Crippen MR) is 51.6 cm³/mol. The molecule has 70 valence electrons. The summed E-state index contributed by atoms with van der Waals surface area (Å²) in [6, 6.07) is 5.56. The van der Waals surface area contributed by atoms with Gasteiger partial charge in [-0.15, -0.1) is 0 Å². The first-order chi connectivity index (χ1) is 6.05. The molecule has 0 aliphatic rings. The first-order valence-electron chi connectivity index (χ1n) is 4.33. The van der Waals surface area contributed by atoms with E-state index in [9.17, 15) is 0 Å². The largest absolute Gasteiger partial charge is 0.259 e. The van der Waals surface area contributed by atoms with E-state index in [1.807, 2.05) is 18.2 Å². The zero-order valence-electron chi connectivity index (χ0n) is 8.28. The zero-order chi connectivity index (χ0) is 9.90. The highest BCUT2D eigenvalue weighted by Gasteiger charge is 2.26. The second kappa shape index (κ2) is 3.64. The number of aromatic nitrogens is 1. The van der Waals surface area contributed by atoms with Crippen molar-refractivity contribution in [3.8, 4) is 0 Å². The summed E-state index contributed by atoms with van der Waals surface area (Å²) in [7, 11) is 0. The molecule has 0 fully saturated rings. The molecule has 0 bridgehead atoms. The highest BCUT2D eigenvalue weighted by molar-refractivity contribution is 5.10. The van der Waals surface area contributed by atoms with Crippen molar-refractivity contribution >= 4 is 0 Å². The average Bonchev–Trinajstić information content (AvgIpc) is 2.05. The molecule has 0 saturated carbocycles. The van der Waals surface area contributed by atoms with Crippen LogP contribution in [0.5, 0.6) is 0 Å². The van der Waals surface area contributed by atoms with Crippen LogP contribution in [0.2, 0.25) is 0 Å². The maximum absolute atomic E-state index is 7.14. The minimum Gasteiger partial charge on any atom is -0.259 e. The molecule has 1 heterocycles. The number of pyridine rings is 1. The van der Waals surface area contributed by atoms with E-state index in [-0.39, 0.29) is 11.5 Å². The summed E-state index contributed by atoms with van der Waals surface area (Å²) in [4.78, 5) is 4.20. The molecule has 1 aromatic heterocycles. The molecular weight excluding hydrogens is 162 g/mol. The van der Waals surface area contributed by atoms with Crippen LogP contribution in [-0.4, -0.2) is 4.98 Å². The van der Waals surface area contributed by atoms with E-state index in [1.165, 1.54) is 0 Å². The van der Waals surface area contributed by atoms with Crippen molar-refractivity contribution in [2.75, 3.05) is 0 Å². The predicted octanol–water partition coefficient (Wildman–Crippen LogP) is 3.20. The van der Waals surface area contributed by atoms with Crippen molar-refractivity contribution in [1.82, 2.24) is 4.98 Å². The smallest absolute Gasteiger partial charge is 0.117 e. The van der Waals surface area contributed by atoms with Gasteiger partial charge >= 0.3 is 0 Å². The maximum atomic E-state index is 7.14. The molecule has 1 rings (SSSR count). The van der Waals surface area contributed by atoms with E-state index in [2.05, 4.69) is 30.9 Å². The Morgan fingerprint density at radius 2 is 2.08 bits per heavy atom. The van der Waals surface area contributed by atoms with E-state index in [4.69, 9.17) is 5.53 Å². The summed E-state index contributed by atoms with van der Waals surface area (Å²) in [6.07, 6.45) is 1.74. The second-order valence-electron chi connectivity index (χ2n) is 4.15. The molecule has 0 amide bonds. The van der Waals surface area contributed by atoms with Crippen LogP contribution in [0.15, 0.2) is 29.5 Å². The Balaban J connectivity index is 2.99. The summed E-state index contributed by atoms with van der Waals surface area (Å²) in [5, 5.41) is 3.62. The Kier molecular flexibility index (Phi) is 2.76. The minimum absolute atomic E-state index is 0.0455. The van der Waals surface area contributed by atoms with Crippen LogP contribution >= 0.6 is 0 Å². The van der Waals surface area contributed by atoms with Gasteiger partial charge in [0, 0.05) is 6.20 Å². The molecule has 0 unspecified atom stereocenters. The fraction of sp³-hybridized carbons (Fsp3) is 0.500. The van der Waals surface area contributed by atoms with E-state index in [0.29, 0.717) is 0 Å². The Morgan fingerprint density at radius 1 is 1.38 bits per heavy atom. The quantitative estimate of drug-likeness (QED) is 0.693. The fourth-order valence-corrected chi connectivity index (χ4v) is 1.24. The lowest BCUT2D eigenvalue weighted by Crippen LogP contribution is -2.17. The van der Waals surface area contributed by atoms with Gasteiger partial charge in [0.1, 0.15) is 6.04 Å². The molecule has 1 atom stereocenters. The normalized spacial score (nSPS) is 13.8. The lowest BCUT2D eigenvalue weighted by atomic mass is 9.85. The highest BCUT2D eigenvalue weighted by atomic mass is 15.0. The Hall–Kier alpha value is -1.25. The third-order valence-corrected chi connectivity index (χ3v) is 1.92. The molecule has 0 aliphatic heterocycles. The first kappa shape index (κ1) is 9.84. The van der Waals surface area contributed by atoms with Gasteiger partial charge < -0.3 is 0 Å². The fourth-order valence-electron chi connectivity index (χ4n) is 1.24. The molecule has 3 nitrogen and oxygen atoms in total. The number of rotatable bonds is 2. The van der Waals surface area contributed by atoms with Crippen LogP contribution in [0.4, 0.5) is 0 Å². The van der Waals surface area contributed by atoms with Crippen molar-refractivity contribution in [3.05, 3.63) is 30.1 Å².